The highest BCUT2D eigenvalue weighted by atomic mass is 32.2. The van der Waals surface area contributed by atoms with E-state index in [0.29, 0.717) is 5.75 Å². The van der Waals surface area contributed by atoms with Gasteiger partial charge in [-0.2, -0.15) is 4.33 Å². The zero-order chi connectivity index (χ0) is 8.36. The first-order chi connectivity index (χ1) is 5.41. The molecule has 0 spiro atoms. The molecule has 0 saturated heterocycles. The summed E-state index contributed by atoms with van der Waals surface area (Å²) < 4.78 is 7.14. The van der Waals surface area contributed by atoms with Crippen molar-refractivity contribution in [2.24, 2.45) is 0 Å². The molecule has 0 bridgehead atoms. The van der Waals surface area contributed by atoms with Gasteiger partial charge in [0.15, 0.2) is 0 Å². The van der Waals surface area contributed by atoms with Crippen molar-refractivity contribution in [2.75, 3.05) is 5.75 Å². The minimum absolute atomic E-state index is 0.622. The fourth-order valence-electron chi connectivity index (χ4n) is 0.215. The van der Waals surface area contributed by atoms with Gasteiger partial charge in [0, 0.05) is 23.2 Å². The largest absolute Gasteiger partial charge is 0.239 e. The molecule has 0 aromatic carbocycles. The summed E-state index contributed by atoms with van der Waals surface area (Å²) in [7, 11) is 0. The lowest BCUT2D eigenvalue weighted by molar-refractivity contribution is -0.116. The monoisotopic (exact) mass is 192 g/mol. The summed E-state index contributed by atoms with van der Waals surface area (Å²) in [4.78, 5) is 0. The fraction of sp³-hybridized carbons (Fsp3) is 0.200. The maximum Gasteiger partial charge on any atom is 0.0620 e. The molecule has 0 aliphatic rings. The molecular weight excluding hydrogens is 184 g/mol. The van der Waals surface area contributed by atoms with Crippen molar-refractivity contribution in [2.45, 2.75) is 0 Å². The molecule has 11 heavy (non-hydrogen) atoms. The Morgan fingerprint density at radius 1 is 1.82 bits per heavy atom. The maximum absolute atomic E-state index is 7.61. The van der Waals surface area contributed by atoms with Crippen LogP contribution in [0.5, 0.6) is 0 Å². The van der Waals surface area contributed by atoms with Gasteiger partial charge >= 0.3 is 0 Å². The molecule has 0 aliphatic carbocycles. The van der Waals surface area contributed by atoms with E-state index in [-0.39, 0.29) is 0 Å². The molecule has 4 nitrogen and oxygen atoms in total. The molecule has 0 unspecified atom stereocenters. The fourth-order valence-corrected chi connectivity index (χ4v) is 0.644. The van der Waals surface area contributed by atoms with Crippen LogP contribution in [0.1, 0.15) is 0 Å². The summed E-state index contributed by atoms with van der Waals surface area (Å²) in [6.45, 7) is 3.39. The lowest BCUT2D eigenvalue weighted by Gasteiger charge is -1.81. The molecule has 1 heterocycles. The van der Waals surface area contributed by atoms with Crippen LogP contribution in [-0.4, -0.2) is 20.6 Å². The second kappa shape index (κ2) is 9.57. The van der Waals surface area contributed by atoms with Crippen molar-refractivity contribution in [3.63, 3.8) is 0 Å². The van der Waals surface area contributed by atoms with Crippen LogP contribution in [0.15, 0.2) is 24.2 Å². The summed E-state index contributed by atoms with van der Waals surface area (Å²) in [5.74, 6) is 0.622. The van der Waals surface area contributed by atoms with Gasteiger partial charge in [-0.25, -0.2) is 5.26 Å². The Balaban J connectivity index is 0.000000183. The summed E-state index contributed by atoms with van der Waals surface area (Å²) in [6, 6.07) is 0. The van der Waals surface area contributed by atoms with Crippen LogP contribution in [0.2, 0.25) is 0 Å². The Hall–Kier alpha value is -0.430. The van der Waals surface area contributed by atoms with E-state index in [4.69, 9.17) is 5.26 Å². The van der Waals surface area contributed by atoms with E-state index in [1.165, 1.54) is 11.5 Å². The van der Waals surface area contributed by atoms with Crippen LogP contribution < -0.4 is 0 Å². The van der Waals surface area contributed by atoms with Gasteiger partial charge in [0.05, 0.1) is 6.20 Å². The number of aromatic nitrogens is 2. The van der Waals surface area contributed by atoms with Gasteiger partial charge in [0.1, 0.15) is 0 Å². The maximum atomic E-state index is 7.61. The molecule has 0 radical (unpaired) electrons. The van der Waals surface area contributed by atoms with Crippen molar-refractivity contribution in [1.82, 2.24) is 9.59 Å². The van der Waals surface area contributed by atoms with Crippen molar-refractivity contribution < 1.29 is 9.59 Å². The molecule has 0 atom stereocenters. The standard InChI is InChI=1S/C3H6O2S.C2H2N2S/c1-2-3-6-5-4;1-2-5-4-3-1/h2,4H,1,3H2;1-2H. The Labute approximate surface area is 73.2 Å². The summed E-state index contributed by atoms with van der Waals surface area (Å²) in [5, 5.41) is 12.9. The molecule has 1 rings (SSSR count). The first-order valence-corrected chi connectivity index (χ1v) is 4.41. The van der Waals surface area contributed by atoms with Gasteiger partial charge in [0.2, 0.25) is 0 Å². The second-order valence-corrected chi connectivity index (χ2v) is 2.60. The van der Waals surface area contributed by atoms with Gasteiger partial charge in [-0.15, -0.1) is 11.7 Å². The number of nitrogens with zero attached hydrogens (tertiary/aromatic N) is 2. The molecule has 0 amide bonds. The normalized spacial score (nSPS) is 8.09. The Morgan fingerprint density at radius 2 is 2.64 bits per heavy atom. The Morgan fingerprint density at radius 3 is 2.82 bits per heavy atom. The molecule has 1 N–H and O–H groups in total. The third-order valence-corrected chi connectivity index (χ3v) is 1.43. The predicted octanol–water partition coefficient (Wildman–Crippen LogP) is 1.85. The SMILES string of the molecule is C=CCSOO.c1csnn1. The summed E-state index contributed by atoms with van der Waals surface area (Å²) in [5.41, 5.74) is 0. The predicted molar refractivity (Wildman–Crippen MR) is 46.3 cm³/mol. The minimum atomic E-state index is 0.622. The smallest absolute Gasteiger partial charge is 0.0620 e. The lowest BCUT2D eigenvalue weighted by Crippen LogP contribution is -1.68. The number of hydrogen-bond acceptors (Lipinski definition) is 6. The highest BCUT2D eigenvalue weighted by molar-refractivity contribution is 7.94. The first kappa shape index (κ1) is 10.6. The van der Waals surface area contributed by atoms with Crippen molar-refractivity contribution in [3.05, 3.63) is 24.2 Å². The number of rotatable bonds is 3. The van der Waals surface area contributed by atoms with E-state index in [1.807, 2.05) is 5.38 Å². The lowest BCUT2D eigenvalue weighted by atomic mass is 10.8. The molecule has 62 valence electrons. The average molecular weight is 192 g/mol. The third-order valence-electron chi connectivity index (χ3n) is 0.521. The molecule has 0 fully saturated rings. The quantitative estimate of drug-likeness (QED) is 0.260. The van der Waals surface area contributed by atoms with E-state index in [0.717, 1.165) is 12.0 Å². The zero-order valence-electron chi connectivity index (χ0n) is 5.71. The Kier molecular flexibility index (Phi) is 9.20. The molecule has 1 aromatic rings. The van der Waals surface area contributed by atoms with Gasteiger partial charge in [-0.05, 0) is 11.5 Å². The number of hydrogen-bond donors (Lipinski definition) is 1. The summed E-state index contributed by atoms with van der Waals surface area (Å²) in [6.07, 6.45) is 3.30. The molecular formula is C5H8N2O2S2. The van der Waals surface area contributed by atoms with Crippen LogP contribution >= 0.6 is 23.6 Å². The van der Waals surface area contributed by atoms with Crippen LogP contribution in [-0.2, 0) is 4.33 Å². The van der Waals surface area contributed by atoms with Crippen molar-refractivity contribution in [3.8, 4) is 0 Å². The topological polar surface area (TPSA) is 55.2 Å². The first-order valence-electron chi connectivity index (χ1n) is 2.66. The Bertz CT molecular complexity index is 140. The molecule has 0 aliphatic heterocycles. The van der Waals surface area contributed by atoms with E-state index < -0.39 is 0 Å². The summed E-state index contributed by atoms with van der Waals surface area (Å²) >= 11 is 2.30. The van der Waals surface area contributed by atoms with Crippen molar-refractivity contribution in [1.29, 1.82) is 0 Å². The highest BCUT2D eigenvalue weighted by Crippen LogP contribution is 1.95. The van der Waals surface area contributed by atoms with Gasteiger partial charge in [-0.3, -0.25) is 0 Å². The van der Waals surface area contributed by atoms with Crippen LogP contribution in [0.3, 0.4) is 0 Å². The van der Waals surface area contributed by atoms with Gasteiger partial charge in [-0.1, -0.05) is 10.6 Å². The van der Waals surface area contributed by atoms with Gasteiger partial charge in [0.25, 0.3) is 0 Å². The molecule has 1 aromatic heterocycles. The third kappa shape index (κ3) is 9.57. The second-order valence-electron chi connectivity index (χ2n) is 1.24. The molecule has 0 saturated carbocycles. The highest BCUT2D eigenvalue weighted by Gasteiger charge is 1.73. The van der Waals surface area contributed by atoms with Crippen LogP contribution in [0, 0.1) is 0 Å². The van der Waals surface area contributed by atoms with Crippen molar-refractivity contribution >= 4 is 23.6 Å². The van der Waals surface area contributed by atoms with Crippen LogP contribution in [0.4, 0.5) is 0 Å². The van der Waals surface area contributed by atoms with E-state index >= 15 is 0 Å². The zero-order valence-corrected chi connectivity index (χ0v) is 7.35. The van der Waals surface area contributed by atoms with E-state index in [2.05, 4.69) is 20.5 Å². The van der Waals surface area contributed by atoms with Gasteiger partial charge < -0.3 is 0 Å². The molecule has 6 heteroatoms. The van der Waals surface area contributed by atoms with E-state index in [9.17, 15) is 0 Å². The van der Waals surface area contributed by atoms with E-state index in [1.54, 1.807) is 12.3 Å². The minimum Gasteiger partial charge on any atom is -0.239 e. The van der Waals surface area contributed by atoms with Crippen LogP contribution in [0.25, 0.3) is 0 Å². The average Bonchev–Trinajstić information content (AvgIpc) is 2.57.